The van der Waals surface area contributed by atoms with Gasteiger partial charge in [0, 0.05) is 16.5 Å². The minimum atomic E-state index is 0.411. The standard InChI is InChI=1S/C13H11Cl2N3S/c1-7(2)12-17-18-6-11(16-13(18)19-12)9-4-3-8(14)5-10(9)15/h3-7H,1-2H3. The van der Waals surface area contributed by atoms with E-state index in [1.165, 1.54) is 0 Å². The molecule has 0 N–H and O–H groups in total. The maximum atomic E-state index is 6.19. The van der Waals surface area contributed by atoms with Gasteiger partial charge in [0.2, 0.25) is 4.96 Å². The van der Waals surface area contributed by atoms with Crippen molar-refractivity contribution in [3.05, 3.63) is 39.4 Å². The number of benzene rings is 1. The molecule has 2 heterocycles. The van der Waals surface area contributed by atoms with Crippen LogP contribution in [0.1, 0.15) is 24.8 Å². The molecule has 0 amide bonds. The van der Waals surface area contributed by atoms with Crippen LogP contribution in [0.15, 0.2) is 24.4 Å². The minimum Gasteiger partial charge on any atom is -0.217 e. The molecule has 2 aromatic heterocycles. The van der Waals surface area contributed by atoms with E-state index < -0.39 is 0 Å². The molecule has 98 valence electrons. The lowest BCUT2D eigenvalue weighted by atomic mass is 10.2. The van der Waals surface area contributed by atoms with Gasteiger partial charge < -0.3 is 0 Å². The molecule has 1 aromatic carbocycles. The summed E-state index contributed by atoms with van der Waals surface area (Å²) in [5, 5.41) is 6.81. The van der Waals surface area contributed by atoms with Crippen LogP contribution in [0, 0.1) is 0 Å². The first-order chi connectivity index (χ1) is 9.04. The minimum absolute atomic E-state index is 0.411. The zero-order chi connectivity index (χ0) is 13.6. The normalized spacial score (nSPS) is 11.6. The molecule has 0 saturated heterocycles. The molecule has 0 unspecified atom stereocenters. The Kier molecular flexibility index (Phi) is 3.25. The number of fused-ring (bicyclic) bond motifs is 1. The van der Waals surface area contributed by atoms with Crippen molar-refractivity contribution in [1.29, 1.82) is 0 Å². The number of aromatic nitrogens is 3. The van der Waals surface area contributed by atoms with Gasteiger partial charge in [0.05, 0.1) is 16.9 Å². The molecule has 3 rings (SSSR count). The number of halogens is 2. The molecule has 0 radical (unpaired) electrons. The first kappa shape index (κ1) is 12.9. The van der Waals surface area contributed by atoms with E-state index >= 15 is 0 Å². The molecule has 6 heteroatoms. The molecular weight excluding hydrogens is 301 g/mol. The zero-order valence-corrected chi connectivity index (χ0v) is 12.7. The molecular formula is C13H11Cl2N3S. The highest BCUT2D eigenvalue weighted by atomic mass is 35.5. The SMILES string of the molecule is CC(C)c1nn2cc(-c3ccc(Cl)cc3Cl)nc2s1. The van der Waals surface area contributed by atoms with Gasteiger partial charge in [0.25, 0.3) is 0 Å². The van der Waals surface area contributed by atoms with Crippen LogP contribution in [0.5, 0.6) is 0 Å². The predicted octanol–water partition coefficient (Wildman–Crippen LogP) is 4.89. The molecule has 0 aliphatic carbocycles. The smallest absolute Gasteiger partial charge is 0.212 e. The second-order valence-electron chi connectivity index (χ2n) is 4.57. The van der Waals surface area contributed by atoms with E-state index in [2.05, 4.69) is 23.9 Å². The summed E-state index contributed by atoms with van der Waals surface area (Å²) in [4.78, 5) is 5.45. The first-order valence-corrected chi connectivity index (χ1v) is 7.43. The van der Waals surface area contributed by atoms with Crippen LogP contribution in [0.25, 0.3) is 16.2 Å². The van der Waals surface area contributed by atoms with Crippen molar-refractivity contribution in [1.82, 2.24) is 14.6 Å². The summed E-state index contributed by atoms with van der Waals surface area (Å²) in [5.74, 6) is 0.411. The van der Waals surface area contributed by atoms with Crippen LogP contribution in [0.3, 0.4) is 0 Å². The van der Waals surface area contributed by atoms with Gasteiger partial charge in [0.1, 0.15) is 5.01 Å². The van der Waals surface area contributed by atoms with Gasteiger partial charge in [-0.05, 0) is 18.2 Å². The van der Waals surface area contributed by atoms with E-state index in [0.717, 1.165) is 21.2 Å². The van der Waals surface area contributed by atoms with Crippen LogP contribution in [0.4, 0.5) is 0 Å². The first-order valence-electron chi connectivity index (χ1n) is 5.86. The number of rotatable bonds is 2. The fourth-order valence-corrected chi connectivity index (χ4v) is 3.16. The number of nitrogens with zero attached hydrogens (tertiary/aromatic N) is 3. The Balaban J connectivity index is 2.08. The average Bonchev–Trinajstić information content (AvgIpc) is 2.86. The van der Waals surface area contributed by atoms with Gasteiger partial charge >= 0.3 is 0 Å². The lowest BCUT2D eigenvalue weighted by molar-refractivity contribution is 0.802. The van der Waals surface area contributed by atoms with Gasteiger partial charge in [-0.3, -0.25) is 0 Å². The summed E-state index contributed by atoms with van der Waals surface area (Å²) in [5.41, 5.74) is 1.69. The predicted molar refractivity (Wildman–Crippen MR) is 80.4 cm³/mol. The van der Waals surface area contributed by atoms with Crippen molar-refractivity contribution in [2.24, 2.45) is 0 Å². The van der Waals surface area contributed by atoms with Crippen molar-refractivity contribution in [3.63, 3.8) is 0 Å². The third-order valence-corrected chi connectivity index (χ3v) is 4.53. The van der Waals surface area contributed by atoms with E-state index in [4.69, 9.17) is 23.2 Å². The summed E-state index contributed by atoms with van der Waals surface area (Å²) in [7, 11) is 0. The van der Waals surface area contributed by atoms with Gasteiger partial charge in [-0.25, -0.2) is 9.50 Å². The lowest BCUT2D eigenvalue weighted by Crippen LogP contribution is -1.88. The van der Waals surface area contributed by atoms with Gasteiger partial charge in [0.15, 0.2) is 0 Å². The molecule has 0 aliphatic rings. The van der Waals surface area contributed by atoms with Gasteiger partial charge in [-0.2, -0.15) is 5.10 Å². The molecule has 0 spiro atoms. The highest BCUT2D eigenvalue weighted by molar-refractivity contribution is 7.16. The topological polar surface area (TPSA) is 30.2 Å². The summed E-state index contributed by atoms with van der Waals surface area (Å²) < 4.78 is 1.81. The summed E-state index contributed by atoms with van der Waals surface area (Å²) in [6.45, 7) is 4.24. The van der Waals surface area contributed by atoms with Gasteiger partial charge in [-0.1, -0.05) is 48.4 Å². The Bertz CT molecular complexity index is 714. The van der Waals surface area contributed by atoms with E-state index in [1.54, 1.807) is 21.9 Å². The molecule has 0 fully saturated rings. The Labute approximate surface area is 124 Å². The molecule has 3 aromatic rings. The van der Waals surface area contributed by atoms with Crippen LogP contribution >= 0.6 is 34.5 Å². The summed E-state index contributed by atoms with van der Waals surface area (Å²) in [6, 6.07) is 5.41. The highest BCUT2D eigenvalue weighted by Gasteiger charge is 2.13. The Morgan fingerprint density at radius 2 is 2.05 bits per heavy atom. The van der Waals surface area contributed by atoms with Gasteiger partial charge in [-0.15, -0.1) is 0 Å². The summed E-state index contributed by atoms with van der Waals surface area (Å²) in [6.07, 6.45) is 1.90. The second-order valence-corrected chi connectivity index (χ2v) is 6.40. The lowest BCUT2D eigenvalue weighted by Gasteiger charge is -2.00. The number of imidazole rings is 1. The molecule has 0 saturated carbocycles. The fourth-order valence-electron chi connectivity index (χ4n) is 1.78. The van der Waals surface area contributed by atoms with E-state index in [0.29, 0.717) is 16.0 Å². The van der Waals surface area contributed by atoms with Crippen LogP contribution in [-0.2, 0) is 0 Å². The molecule has 0 aliphatic heterocycles. The Morgan fingerprint density at radius 1 is 1.26 bits per heavy atom. The van der Waals surface area contributed by atoms with Crippen LogP contribution in [-0.4, -0.2) is 14.6 Å². The number of hydrogen-bond acceptors (Lipinski definition) is 3. The third kappa shape index (κ3) is 2.36. The van der Waals surface area contributed by atoms with Crippen molar-refractivity contribution < 1.29 is 0 Å². The molecule has 3 nitrogen and oxygen atoms in total. The molecule has 0 atom stereocenters. The Hall–Kier alpha value is -1.10. The maximum absolute atomic E-state index is 6.19. The Morgan fingerprint density at radius 3 is 2.68 bits per heavy atom. The molecule has 0 bridgehead atoms. The monoisotopic (exact) mass is 311 g/mol. The quantitative estimate of drug-likeness (QED) is 0.674. The van der Waals surface area contributed by atoms with Crippen LogP contribution < -0.4 is 0 Å². The van der Waals surface area contributed by atoms with Crippen LogP contribution in [0.2, 0.25) is 10.0 Å². The maximum Gasteiger partial charge on any atom is 0.212 e. The van der Waals surface area contributed by atoms with Crippen molar-refractivity contribution in [3.8, 4) is 11.3 Å². The van der Waals surface area contributed by atoms with E-state index in [1.807, 2.05) is 18.3 Å². The van der Waals surface area contributed by atoms with E-state index in [-0.39, 0.29) is 0 Å². The highest BCUT2D eigenvalue weighted by Crippen LogP contribution is 2.31. The third-order valence-electron chi connectivity index (χ3n) is 2.76. The van der Waals surface area contributed by atoms with Crippen molar-refractivity contribution >= 4 is 39.5 Å². The van der Waals surface area contributed by atoms with Crippen molar-refractivity contribution in [2.75, 3.05) is 0 Å². The molecule has 19 heavy (non-hydrogen) atoms. The fraction of sp³-hybridized carbons (Fsp3) is 0.231. The van der Waals surface area contributed by atoms with Crippen molar-refractivity contribution in [2.45, 2.75) is 19.8 Å². The second kappa shape index (κ2) is 4.78. The largest absolute Gasteiger partial charge is 0.217 e. The van der Waals surface area contributed by atoms with E-state index in [9.17, 15) is 0 Å². The zero-order valence-electron chi connectivity index (χ0n) is 10.4. The summed E-state index contributed by atoms with van der Waals surface area (Å²) >= 11 is 13.7. The number of hydrogen-bond donors (Lipinski definition) is 0. The average molecular weight is 312 g/mol.